The zero-order valence-electron chi connectivity index (χ0n) is 17.1. The van der Waals surface area contributed by atoms with E-state index in [1.54, 1.807) is 4.90 Å². The van der Waals surface area contributed by atoms with Gasteiger partial charge in [0.05, 0.1) is 6.61 Å². The first-order valence-corrected chi connectivity index (χ1v) is 10.2. The van der Waals surface area contributed by atoms with E-state index in [4.69, 9.17) is 4.74 Å². The van der Waals surface area contributed by atoms with Crippen molar-refractivity contribution in [2.75, 3.05) is 32.8 Å². The fraction of sp³-hybridized carbons (Fsp3) is 0.636. The minimum Gasteiger partial charge on any atom is -0.449 e. The molecular weight excluding hydrogens is 340 g/mol. The number of nitrogens with zero attached hydrogens (tertiary/aromatic N) is 2. The van der Waals surface area contributed by atoms with Crippen molar-refractivity contribution in [1.29, 1.82) is 0 Å². The van der Waals surface area contributed by atoms with Crippen LogP contribution >= 0.6 is 0 Å². The van der Waals surface area contributed by atoms with Crippen molar-refractivity contribution in [3.05, 3.63) is 35.4 Å². The molecule has 1 aliphatic heterocycles. The van der Waals surface area contributed by atoms with Crippen molar-refractivity contribution in [2.24, 2.45) is 5.92 Å². The third-order valence-corrected chi connectivity index (χ3v) is 4.87. The Morgan fingerprint density at radius 1 is 1.00 bits per heavy atom. The Morgan fingerprint density at radius 2 is 1.67 bits per heavy atom. The van der Waals surface area contributed by atoms with E-state index in [9.17, 15) is 9.59 Å². The summed E-state index contributed by atoms with van der Waals surface area (Å²) in [5.74, 6) is 0.537. The summed E-state index contributed by atoms with van der Waals surface area (Å²) in [5, 5.41) is 0. The van der Waals surface area contributed by atoms with E-state index in [1.807, 2.05) is 18.7 Å². The molecule has 1 aromatic carbocycles. The third-order valence-electron chi connectivity index (χ3n) is 4.87. The average Bonchev–Trinajstić information content (AvgIpc) is 2.91. The van der Waals surface area contributed by atoms with Crippen molar-refractivity contribution < 1.29 is 14.3 Å². The summed E-state index contributed by atoms with van der Waals surface area (Å²) >= 11 is 0. The van der Waals surface area contributed by atoms with E-state index >= 15 is 0 Å². The summed E-state index contributed by atoms with van der Waals surface area (Å²) in [7, 11) is 0. The maximum atomic E-state index is 12.5. The molecule has 1 saturated heterocycles. The zero-order chi connectivity index (χ0) is 19.6. The van der Waals surface area contributed by atoms with E-state index in [-0.39, 0.29) is 12.0 Å². The highest BCUT2D eigenvalue weighted by atomic mass is 16.6. The second kappa shape index (κ2) is 11.0. The second-order valence-corrected chi connectivity index (χ2v) is 7.88. The van der Waals surface area contributed by atoms with Gasteiger partial charge in [0.25, 0.3) is 0 Å². The van der Waals surface area contributed by atoms with Gasteiger partial charge in [0.2, 0.25) is 5.91 Å². The molecule has 27 heavy (non-hydrogen) atoms. The van der Waals surface area contributed by atoms with Crippen LogP contribution in [0.4, 0.5) is 4.79 Å². The number of ether oxygens (including phenoxy) is 1. The minimum absolute atomic E-state index is 0.205. The van der Waals surface area contributed by atoms with Crippen LogP contribution in [0.25, 0.3) is 0 Å². The highest BCUT2D eigenvalue weighted by Gasteiger charge is 2.22. The van der Waals surface area contributed by atoms with Gasteiger partial charge < -0.3 is 14.5 Å². The van der Waals surface area contributed by atoms with Crippen LogP contribution in [0.5, 0.6) is 0 Å². The standard InChI is InChI=1S/C22H34N2O3/c1-18(2)17-27-22(26)24-14-6-13-23(15-16-24)21(25)8-5-4-7-20-11-9-19(3)10-12-20/h9-12,18H,4-8,13-17H2,1-3H3. The Bertz CT molecular complexity index is 598. The largest absolute Gasteiger partial charge is 0.449 e. The van der Waals surface area contributed by atoms with Crippen molar-refractivity contribution in [3.63, 3.8) is 0 Å². The highest BCUT2D eigenvalue weighted by Crippen LogP contribution is 2.11. The maximum Gasteiger partial charge on any atom is 0.409 e. The molecule has 0 aromatic heterocycles. The minimum atomic E-state index is -0.254. The number of benzene rings is 1. The number of carbonyl (C=O) groups excluding carboxylic acids is 2. The molecule has 0 unspecified atom stereocenters. The normalized spacial score (nSPS) is 15.0. The number of amides is 2. The van der Waals surface area contributed by atoms with Crippen molar-refractivity contribution in [1.82, 2.24) is 9.80 Å². The predicted octanol–water partition coefficient (Wildman–Crippen LogP) is 4.03. The van der Waals surface area contributed by atoms with Crippen LogP contribution in [0.3, 0.4) is 0 Å². The first kappa shape index (κ1) is 21.3. The van der Waals surface area contributed by atoms with Gasteiger partial charge in [0.1, 0.15) is 0 Å². The van der Waals surface area contributed by atoms with Gasteiger partial charge in [0, 0.05) is 32.6 Å². The Morgan fingerprint density at radius 3 is 2.37 bits per heavy atom. The number of hydrogen-bond acceptors (Lipinski definition) is 3. The summed E-state index contributed by atoms with van der Waals surface area (Å²) in [5.41, 5.74) is 2.61. The summed E-state index contributed by atoms with van der Waals surface area (Å²) in [6.45, 7) is 9.14. The summed E-state index contributed by atoms with van der Waals surface area (Å²) < 4.78 is 5.31. The molecule has 0 radical (unpaired) electrons. The lowest BCUT2D eigenvalue weighted by Crippen LogP contribution is -2.37. The monoisotopic (exact) mass is 374 g/mol. The van der Waals surface area contributed by atoms with E-state index < -0.39 is 0 Å². The molecule has 2 amide bonds. The fourth-order valence-electron chi connectivity index (χ4n) is 3.20. The highest BCUT2D eigenvalue weighted by molar-refractivity contribution is 5.76. The third kappa shape index (κ3) is 7.61. The molecule has 0 atom stereocenters. The van der Waals surface area contributed by atoms with E-state index in [1.165, 1.54) is 11.1 Å². The first-order valence-electron chi connectivity index (χ1n) is 10.2. The van der Waals surface area contributed by atoms with Gasteiger partial charge in [-0.2, -0.15) is 0 Å². The van der Waals surface area contributed by atoms with Crippen molar-refractivity contribution in [3.8, 4) is 0 Å². The molecule has 1 fully saturated rings. The zero-order valence-corrected chi connectivity index (χ0v) is 17.1. The second-order valence-electron chi connectivity index (χ2n) is 7.88. The predicted molar refractivity (Wildman–Crippen MR) is 108 cm³/mol. The Labute approximate surface area is 163 Å². The van der Waals surface area contributed by atoms with Gasteiger partial charge in [0.15, 0.2) is 0 Å². The van der Waals surface area contributed by atoms with Crippen LogP contribution in [0, 0.1) is 12.8 Å². The van der Waals surface area contributed by atoms with Crippen LogP contribution in [0.1, 0.15) is 50.7 Å². The topological polar surface area (TPSA) is 49.9 Å². The van der Waals surface area contributed by atoms with Gasteiger partial charge in [-0.3, -0.25) is 4.79 Å². The van der Waals surface area contributed by atoms with Crippen molar-refractivity contribution in [2.45, 2.75) is 52.9 Å². The smallest absolute Gasteiger partial charge is 0.409 e. The number of carbonyl (C=O) groups is 2. The van der Waals surface area contributed by atoms with Gasteiger partial charge in [-0.1, -0.05) is 43.7 Å². The summed E-state index contributed by atoms with van der Waals surface area (Å²) in [4.78, 5) is 28.2. The summed E-state index contributed by atoms with van der Waals surface area (Å²) in [6.07, 6.45) is 4.09. The molecule has 0 saturated carbocycles. The number of rotatable bonds is 7. The number of hydrogen-bond donors (Lipinski definition) is 0. The van der Waals surface area contributed by atoms with E-state index in [0.29, 0.717) is 38.6 Å². The molecule has 1 aliphatic rings. The van der Waals surface area contributed by atoms with E-state index in [2.05, 4.69) is 31.2 Å². The van der Waals surface area contributed by atoms with Crippen LogP contribution in [0.2, 0.25) is 0 Å². The molecule has 0 aliphatic carbocycles. The number of unbranched alkanes of at least 4 members (excludes halogenated alkanes) is 1. The fourth-order valence-corrected chi connectivity index (χ4v) is 3.20. The lowest BCUT2D eigenvalue weighted by atomic mass is 10.1. The molecule has 0 bridgehead atoms. The van der Waals surface area contributed by atoms with Crippen LogP contribution < -0.4 is 0 Å². The average molecular weight is 375 g/mol. The molecule has 5 heteroatoms. The summed E-state index contributed by atoms with van der Waals surface area (Å²) in [6, 6.07) is 8.60. The molecule has 150 valence electrons. The molecule has 1 heterocycles. The Kier molecular flexibility index (Phi) is 8.62. The van der Waals surface area contributed by atoms with Gasteiger partial charge in [-0.25, -0.2) is 4.79 Å². The molecule has 0 N–H and O–H groups in total. The van der Waals surface area contributed by atoms with Crippen LogP contribution in [0.15, 0.2) is 24.3 Å². The SMILES string of the molecule is Cc1ccc(CCCCC(=O)N2CCCN(C(=O)OCC(C)C)CC2)cc1. The molecule has 1 aromatic rings. The van der Waals surface area contributed by atoms with Gasteiger partial charge in [-0.05, 0) is 44.1 Å². The molecule has 5 nitrogen and oxygen atoms in total. The van der Waals surface area contributed by atoms with Gasteiger partial charge in [-0.15, -0.1) is 0 Å². The van der Waals surface area contributed by atoms with E-state index in [0.717, 1.165) is 32.2 Å². The molecule has 2 rings (SSSR count). The lowest BCUT2D eigenvalue weighted by molar-refractivity contribution is -0.131. The quantitative estimate of drug-likeness (QED) is 0.677. The van der Waals surface area contributed by atoms with Crippen molar-refractivity contribution >= 4 is 12.0 Å². The Hall–Kier alpha value is -2.04. The first-order chi connectivity index (χ1) is 13.0. The maximum absolute atomic E-state index is 12.5. The lowest BCUT2D eigenvalue weighted by Gasteiger charge is -2.22. The molecule has 0 spiro atoms. The van der Waals surface area contributed by atoms with Crippen LogP contribution in [-0.2, 0) is 16.0 Å². The number of aryl methyl sites for hydroxylation is 2. The Balaban J connectivity index is 1.67. The van der Waals surface area contributed by atoms with Gasteiger partial charge >= 0.3 is 6.09 Å². The molecular formula is C22H34N2O3. The van der Waals surface area contributed by atoms with Crippen LogP contribution in [-0.4, -0.2) is 54.6 Å².